The average molecular weight is 561 g/mol. The molecule has 0 fully saturated rings. The minimum atomic E-state index is -4.62. The molecule has 3 heterocycles. The highest BCUT2D eigenvalue weighted by Crippen LogP contribution is 2.34. The van der Waals surface area contributed by atoms with Gasteiger partial charge in [0.15, 0.2) is 5.84 Å². The Balaban J connectivity index is 1.76. The number of aromatic nitrogens is 3. The van der Waals surface area contributed by atoms with Crippen molar-refractivity contribution in [1.82, 2.24) is 14.5 Å². The third-order valence-electron chi connectivity index (χ3n) is 6.35. The minimum Gasteiger partial charge on any atom is -0.378 e. The lowest BCUT2D eigenvalue weighted by molar-refractivity contribution is -0.141. The minimum absolute atomic E-state index is 0.240. The lowest BCUT2D eigenvalue weighted by Crippen LogP contribution is -2.24. The highest BCUT2D eigenvalue weighted by Gasteiger charge is 2.32. The number of alkyl halides is 3. The summed E-state index contributed by atoms with van der Waals surface area (Å²) in [5.41, 5.74) is 2.56. The number of anilines is 1. The molecule has 5 rings (SSSR count). The number of nitrogens with zero attached hydrogens (tertiary/aromatic N) is 5. The molecule has 0 spiro atoms. The maximum absolute atomic E-state index is 14.2. The van der Waals surface area contributed by atoms with Crippen LogP contribution in [0.3, 0.4) is 0 Å². The summed E-state index contributed by atoms with van der Waals surface area (Å²) in [6.45, 7) is 5.49. The van der Waals surface area contributed by atoms with Crippen molar-refractivity contribution in [2.24, 2.45) is 9.98 Å². The van der Waals surface area contributed by atoms with Crippen molar-refractivity contribution < 1.29 is 13.2 Å². The Morgan fingerprint density at radius 1 is 1.07 bits per heavy atom. The monoisotopic (exact) mass is 560 g/mol. The molecule has 202 valence electrons. The number of aliphatic imine (C=N–C) groups is 2. The maximum Gasteiger partial charge on any atom is 0.433 e. The van der Waals surface area contributed by atoms with Crippen molar-refractivity contribution in [2.45, 2.75) is 19.1 Å². The van der Waals surface area contributed by atoms with Gasteiger partial charge in [0, 0.05) is 18.9 Å². The highest BCUT2D eigenvalue weighted by atomic mass is 32.1. The Morgan fingerprint density at radius 2 is 1.85 bits per heavy atom. The van der Waals surface area contributed by atoms with Crippen LogP contribution >= 0.6 is 11.3 Å². The standard InChI is InChI=1S/C29H23F3N6OS/c1-17(37-26(33-2)25-27(34-3)40-16-36-25)22-14-19-8-7-11-21(18-12-13-35-23(15-18)29(30,31)32)24(19)28(39)38(22)20-9-5-4-6-10-20/h4-17,34H,2H2,1,3H3/t17-/m0/s1. The van der Waals surface area contributed by atoms with Crippen LogP contribution in [0.5, 0.6) is 0 Å². The van der Waals surface area contributed by atoms with Gasteiger partial charge in [-0.2, -0.15) is 13.2 Å². The predicted octanol–water partition coefficient (Wildman–Crippen LogP) is 6.78. The van der Waals surface area contributed by atoms with Crippen LogP contribution in [0.15, 0.2) is 93.2 Å². The first-order valence-electron chi connectivity index (χ1n) is 12.2. The summed E-state index contributed by atoms with van der Waals surface area (Å²) in [5, 5.41) is 4.69. The molecule has 0 unspecified atom stereocenters. The van der Waals surface area contributed by atoms with E-state index in [4.69, 9.17) is 4.99 Å². The molecule has 5 aromatic rings. The number of hydrogen-bond acceptors (Lipinski definition) is 6. The molecular weight excluding hydrogens is 537 g/mol. The lowest BCUT2D eigenvalue weighted by atomic mass is 9.98. The Kier molecular flexibility index (Phi) is 7.31. The molecule has 0 aliphatic heterocycles. The van der Waals surface area contributed by atoms with E-state index >= 15 is 0 Å². The van der Waals surface area contributed by atoms with Crippen LogP contribution < -0.4 is 10.9 Å². The van der Waals surface area contributed by atoms with Gasteiger partial charge in [-0.15, -0.1) is 11.3 Å². The second kappa shape index (κ2) is 10.9. The van der Waals surface area contributed by atoms with Gasteiger partial charge in [0.2, 0.25) is 0 Å². The van der Waals surface area contributed by atoms with Crippen LogP contribution in [-0.4, -0.2) is 34.1 Å². The van der Waals surface area contributed by atoms with Gasteiger partial charge in [-0.05, 0) is 60.5 Å². The number of nitrogens with one attached hydrogen (secondary N) is 1. The lowest BCUT2D eigenvalue weighted by Gasteiger charge is -2.19. The Hall–Kier alpha value is -4.64. The molecule has 1 N–H and O–H groups in total. The number of benzene rings is 2. The second-order valence-corrected chi connectivity index (χ2v) is 9.66. The summed E-state index contributed by atoms with van der Waals surface area (Å²) in [5.74, 6) is 0.315. The van der Waals surface area contributed by atoms with Gasteiger partial charge in [-0.25, -0.2) is 9.98 Å². The molecule has 0 saturated carbocycles. The number of thiazole rings is 1. The van der Waals surface area contributed by atoms with Gasteiger partial charge < -0.3 is 5.32 Å². The fourth-order valence-corrected chi connectivity index (χ4v) is 5.17. The summed E-state index contributed by atoms with van der Waals surface area (Å²) in [7, 11) is 1.77. The van der Waals surface area contributed by atoms with Crippen molar-refractivity contribution in [1.29, 1.82) is 0 Å². The molecule has 0 aliphatic rings. The molecule has 11 heteroatoms. The molecule has 0 saturated heterocycles. The highest BCUT2D eigenvalue weighted by molar-refractivity contribution is 7.14. The molecule has 7 nitrogen and oxygen atoms in total. The van der Waals surface area contributed by atoms with E-state index in [-0.39, 0.29) is 16.5 Å². The molecule has 3 aromatic heterocycles. The third-order valence-corrected chi connectivity index (χ3v) is 7.20. The van der Waals surface area contributed by atoms with Gasteiger partial charge in [0.1, 0.15) is 16.4 Å². The fourth-order valence-electron chi connectivity index (χ4n) is 4.54. The van der Waals surface area contributed by atoms with E-state index in [0.29, 0.717) is 33.9 Å². The van der Waals surface area contributed by atoms with Crippen molar-refractivity contribution in [3.05, 3.63) is 106 Å². The molecular formula is C29H23F3N6OS. The SMILES string of the molecule is C=NC(=N[C@@H](C)c1cc2cccc(-c3ccnc(C(F)(F)F)c3)c2c(=O)n1-c1ccccc1)c1ncsc1NC. The summed E-state index contributed by atoms with van der Waals surface area (Å²) in [4.78, 5) is 30.9. The van der Waals surface area contributed by atoms with Crippen molar-refractivity contribution in [3.8, 4) is 16.8 Å². The van der Waals surface area contributed by atoms with Gasteiger partial charge in [0.25, 0.3) is 5.56 Å². The van der Waals surface area contributed by atoms with Gasteiger partial charge in [0.05, 0.1) is 22.6 Å². The first kappa shape index (κ1) is 26.9. The number of amidine groups is 1. The number of halogens is 3. The fraction of sp³-hybridized carbons (Fsp3) is 0.138. The van der Waals surface area contributed by atoms with Gasteiger partial charge in [-0.1, -0.05) is 36.4 Å². The number of hydrogen-bond donors (Lipinski definition) is 1. The molecule has 1 atom stereocenters. The molecule has 0 amide bonds. The molecule has 0 radical (unpaired) electrons. The van der Waals surface area contributed by atoms with E-state index < -0.39 is 17.9 Å². The largest absolute Gasteiger partial charge is 0.433 e. The third kappa shape index (κ3) is 5.03. The van der Waals surface area contributed by atoms with Crippen LogP contribution in [-0.2, 0) is 6.18 Å². The number of rotatable bonds is 6. The quantitative estimate of drug-likeness (QED) is 0.183. The summed E-state index contributed by atoms with van der Waals surface area (Å²) in [6.07, 6.45) is -3.52. The molecule has 40 heavy (non-hydrogen) atoms. The van der Waals surface area contributed by atoms with E-state index in [1.165, 1.54) is 22.0 Å². The number of para-hydroxylation sites is 1. The Morgan fingerprint density at radius 3 is 2.55 bits per heavy atom. The normalized spacial score (nSPS) is 12.9. The van der Waals surface area contributed by atoms with E-state index in [1.807, 2.05) is 19.1 Å². The van der Waals surface area contributed by atoms with Crippen molar-refractivity contribution >= 4 is 39.7 Å². The van der Waals surface area contributed by atoms with Crippen LogP contribution in [0.1, 0.15) is 30.0 Å². The second-order valence-electron chi connectivity index (χ2n) is 8.81. The average Bonchev–Trinajstić information content (AvgIpc) is 3.44. The van der Waals surface area contributed by atoms with Gasteiger partial charge in [-0.3, -0.25) is 19.3 Å². The van der Waals surface area contributed by atoms with Crippen molar-refractivity contribution in [2.75, 3.05) is 12.4 Å². The van der Waals surface area contributed by atoms with Crippen LogP contribution in [0.4, 0.5) is 18.2 Å². The zero-order chi connectivity index (χ0) is 28.4. The van der Waals surface area contributed by atoms with Gasteiger partial charge >= 0.3 is 6.18 Å². The zero-order valence-electron chi connectivity index (χ0n) is 21.5. The van der Waals surface area contributed by atoms with E-state index in [1.54, 1.807) is 55.0 Å². The van der Waals surface area contributed by atoms with Crippen molar-refractivity contribution in [3.63, 3.8) is 0 Å². The molecule has 0 bridgehead atoms. The summed E-state index contributed by atoms with van der Waals surface area (Å²) < 4.78 is 41.8. The zero-order valence-corrected chi connectivity index (χ0v) is 22.3. The Bertz CT molecular complexity index is 1790. The van der Waals surface area contributed by atoms with Crippen LogP contribution in [0.25, 0.3) is 27.6 Å². The topological polar surface area (TPSA) is 84.5 Å². The smallest absolute Gasteiger partial charge is 0.378 e. The summed E-state index contributed by atoms with van der Waals surface area (Å²) in [6, 6.07) is 17.8. The van der Waals surface area contributed by atoms with E-state index in [9.17, 15) is 18.0 Å². The van der Waals surface area contributed by atoms with Crippen LogP contribution in [0.2, 0.25) is 0 Å². The predicted molar refractivity (Wildman–Crippen MR) is 154 cm³/mol. The first-order valence-corrected chi connectivity index (χ1v) is 13.0. The molecule has 2 aromatic carbocycles. The maximum atomic E-state index is 14.2. The summed E-state index contributed by atoms with van der Waals surface area (Å²) >= 11 is 1.40. The number of fused-ring (bicyclic) bond motifs is 1. The molecule has 0 aliphatic carbocycles. The van der Waals surface area contributed by atoms with E-state index in [2.05, 4.69) is 27.0 Å². The number of pyridine rings is 2. The Labute approximate surface area is 231 Å². The first-order chi connectivity index (χ1) is 19.2. The van der Waals surface area contributed by atoms with Crippen LogP contribution in [0, 0.1) is 0 Å². The van der Waals surface area contributed by atoms with E-state index in [0.717, 1.165) is 17.3 Å².